The summed E-state index contributed by atoms with van der Waals surface area (Å²) in [5.74, 6) is 2.30. The average Bonchev–Trinajstić information content (AvgIpc) is 3.38. The Balaban J connectivity index is 1.69. The number of fused-ring (bicyclic) bond motifs is 1. The third-order valence-electron chi connectivity index (χ3n) is 5.09. The van der Waals surface area contributed by atoms with Gasteiger partial charge in [0.15, 0.2) is 5.82 Å². The van der Waals surface area contributed by atoms with Gasteiger partial charge in [0.25, 0.3) is 0 Å². The number of urea groups is 1. The van der Waals surface area contributed by atoms with Gasteiger partial charge >= 0.3 is 6.03 Å². The minimum Gasteiger partial charge on any atom is -0.497 e. The number of nitrogens with one attached hydrogen (secondary N) is 1. The number of hydrogen-bond donors (Lipinski definition) is 1. The van der Waals surface area contributed by atoms with Crippen LogP contribution in [0.1, 0.15) is 43.1 Å². The molecule has 1 aliphatic rings. The lowest BCUT2D eigenvalue weighted by Crippen LogP contribution is -2.36. The second-order valence-corrected chi connectivity index (χ2v) is 7.36. The van der Waals surface area contributed by atoms with E-state index in [9.17, 15) is 4.79 Å². The summed E-state index contributed by atoms with van der Waals surface area (Å²) in [6, 6.07) is 12.3. The quantitative estimate of drug-likeness (QED) is 0.666. The third-order valence-corrected chi connectivity index (χ3v) is 5.09. The SMILES string of the molecule is COc1ccc(OC)c(NC(=O)N2c3ccccc3CC2c2noc(C(C)C)n2)c1. The molecule has 8 heteroatoms. The average molecular weight is 408 g/mol. The second-order valence-electron chi connectivity index (χ2n) is 7.36. The summed E-state index contributed by atoms with van der Waals surface area (Å²) in [5, 5.41) is 7.09. The summed E-state index contributed by atoms with van der Waals surface area (Å²) in [4.78, 5) is 19.6. The van der Waals surface area contributed by atoms with Gasteiger partial charge in [0.1, 0.15) is 17.5 Å². The lowest BCUT2D eigenvalue weighted by atomic mass is 10.1. The smallest absolute Gasteiger partial charge is 0.327 e. The van der Waals surface area contributed by atoms with Gasteiger partial charge in [0.2, 0.25) is 5.89 Å². The Bertz CT molecular complexity index is 1060. The van der Waals surface area contributed by atoms with Gasteiger partial charge in [0, 0.05) is 24.1 Å². The normalized spacial score (nSPS) is 15.2. The molecular weight excluding hydrogens is 384 g/mol. The molecule has 1 aromatic heterocycles. The zero-order chi connectivity index (χ0) is 21.3. The molecular formula is C22H24N4O4. The minimum atomic E-state index is -0.366. The van der Waals surface area contributed by atoms with Crippen LogP contribution in [0.15, 0.2) is 47.0 Å². The van der Waals surface area contributed by atoms with Gasteiger partial charge in [-0.25, -0.2) is 4.79 Å². The van der Waals surface area contributed by atoms with Crippen LogP contribution in [-0.4, -0.2) is 30.4 Å². The first kappa shape index (κ1) is 19.8. The van der Waals surface area contributed by atoms with Crippen LogP contribution in [0.5, 0.6) is 11.5 Å². The number of nitrogens with zero attached hydrogens (tertiary/aromatic N) is 3. The van der Waals surface area contributed by atoms with E-state index in [-0.39, 0.29) is 18.0 Å². The van der Waals surface area contributed by atoms with Crippen LogP contribution < -0.4 is 19.7 Å². The predicted molar refractivity (Wildman–Crippen MR) is 112 cm³/mol. The van der Waals surface area contributed by atoms with Gasteiger partial charge in [-0.05, 0) is 23.8 Å². The Labute approximate surface area is 174 Å². The minimum absolute atomic E-state index is 0.110. The van der Waals surface area contributed by atoms with E-state index < -0.39 is 0 Å². The molecule has 0 saturated heterocycles. The van der Waals surface area contributed by atoms with E-state index in [0.717, 1.165) is 11.3 Å². The Kier molecular flexibility index (Phi) is 5.31. The molecule has 0 radical (unpaired) electrons. The van der Waals surface area contributed by atoms with Crippen molar-refractivity contribution in [3.05, 3.63) is 59.7 Å². The molecule has 2 heterocycles. The number of carbonyl (C=O) groups is 1. The van der Waals surface area contributed by atoms with Crippen LogP contribution in [0.4, 0.5) is 16.2 Å². The van der Waals surface area contributed by atoms with E-state index >= 15 is 0 Å². The molecule has 2 amide bonds. The first-order valence-corrected chi connectivity index (χ1v) is 9.75. The topological polar surface area (TPSA) is 89.7 Å². The van der Waals surface area contributed by atoms with Crippen molar-refractivity contribution in [3.8, 4) is 11.5 Å². The highest BCUT2D eigenvalue weighted by molar-refractivity contribution is 6.04. The van der Waals surface area contributed by atoms with E-state index in [1.54, 1.807) is 37.3 Å². The highest BCUT2D eigenvalue weighted by atomic mass is 16.5. The Hall–Kier alpha value is -3.55. The molecule has 4 rings (SSSR count). The second kappa shape index (κ2) is 8.06. The number of hydrogen-bond acceptors (Lipinski definition) is 6. The van der Waals surface area contributed by atoms with Gasteiger partial charge in [-0.2, -0.15) is 4.98 Å². The first-order chi connectivity index (χ1) is 14.5. The van der Waals surface area contributed by atoms with Crippen LogP contribution in [-0.2, 0) is 6.42 Å². The zero-order valence-electron chi connectivity index (χ0n) is 17.4. The van der Waals surface area contributed by atoms with E-state index in [1.807, 2.05) is 38.1 Å². The van der Waals surface area contributed by atoms with E-state index in [4.69, 9.17) is 14.0 Å². The molecule has 30 heavy (non-hydrogen) atoms. The third kappa shape index (κ3) is 3.56. The van der Waals surface area contributed by atoms with Crippen molar-refractivity contribution in [2.75, 3.05) is 24.4 Å². The van der Waals surface area contributed by atoms with Gasteiger partial charge < -0.3 is 19.3 Å². The van der Waals surface area contributed by atoms with Gasteiger partial charge in [-0.3, -0.25) is 4.90 Å². The lowest BCUT2D eigenvalue weighted by Gasteiger charge is -2.24. The van der Waals surface area contributed by atoms with Crippen LogP contribution in [0.3, 0.4) is 0 Å². The lowest BCUT2D eigenvalue weighted by molar-refractivity contribution is 0.255. The standard InChI is InChI=1S/C22H24N4O4/c1-13(2)21-24-20(25-30-21)18-11-14-7-5-6-8-17(14)26(18)22(27)23-16-12-15(28-3)9-10-19(16)29-4/h5-10,12-13,18H,11H2,1-4H3,(H,23,27). The summed E-state index contributed by atoms with van der Waals surface area (Å²) < 4.78 is 16.1. The fourth-order valence-electron chi connectivity index (χ4n) is 3.55. The molecule has 156 valence electrons. The Morgan fingerprint density at radius 3 is 2.70 bits per heavy atom. The number of benzene rings is 2. The summed E-state index contributed by atoms with van der Waals surface area (Å²) in [6.07, 6.45) is 0.607. The molecule has 0 aliphatic carbocycles. The van der Waals surface area contributed by atoms with Crippen molar-refractivity contribution >= 4 is 17.4 Å². The predicted octanol–water partition coefficient (Wildman–Crippen LogP) is 4.55. The maximum atomic E-state index is 13.4. The van der Waals surface area contributed by atoms with E-state index in [1.165, 1.54) is 0 Å². The number of ether oxygens (including phenoxy) is 2. The maximum absolute atomic E-state index is 13.4. The van der Waals surface area contributed by atoms with Crippen molar-refractivity contribution in [3.63, 3.8) is 0 Å². The fourth-order valence-corrected chi connectivity index (χ4v) is 3.55. The summed E-state index contributed by atoms with van der Waals surface area (Å²) in [7, 11) is 3.13. The van der Waals surface area contributed by atoms with Crippen molar-refractivity contribution in [2.24, 2.45) is 0 Å². The summed E-state index contributed by atoms with van der Waals surface area (Å²) in [5.41, 5.74) is 2.38. The van der Waals surface area contributed by atoms with Crippen molar-refractivity contribution in [1.29, 1.82) is 0 Å². The Morgan fingerprint density at radius 1 is 1.20 bits per heavy atom. The monoisotopic (exact) mass is 408 g/mol. The number of para-hydroxylation sites is 1. The fraction of sp³-hybridized carbons (Fsp3) is 0.318. The molecule has 1 aliphatic heterocycles. The van der Waals surface area contributed by atoms with Crippen LogP contribution in [0.2, 0.25) is 0 Å². The molecule has 3 aromatic rings. The highest BCUT2D eigenvalue weighted by Crippen LogP contribution is 2.40. The van der Waals surface area contributed by atoms with Crippen molar-refractivity contribution < 1.29 is 18.8 Å². The molecule has 0 saturated carbocycles. The van der Waals surface area contributed by atoms with E-state index in [0.29, 0.717) is 35.3 Å². The molecule has 2 aromatic carbocycles. The first-order valence-electron chi connectivity index (χ1n) is 9.75. The number of carbonyl (C=O) groups excluding carboxylic acids is 1. The molecule has 1 unspecified atom stereocenters. The van der Waals surface area contributed by atoms with Crippen LogP contribution >= 0.6 is 0 Å². The molecule has 0 spiro atoms. The summed E-state index contributed by atoms with van der Waals surface area (Å²) in [6.45, 7) is 3.97. The van der Waals surface area contributed by atoms with Crippen LogP contribution in [0, 0.1) is 0 Å². The Morgan fingerprint density at radius 2 is 2.00 bits per heavy atom. The molecule has 0 fully saturated rings. The van der Waals surface area contributed by atoms with E-state index in [2.05, 4.69) is 15.5 Å². The summed E-state index contributed by atoms with van der Waals surface area (Å²) >= 11 is 0. The molecule has 1 N–H and O–H groups in total. The molecule has 8 nitrogen and oxygen atoms in total. The highest BCUT2D eigenvalue weighted by Gasteiger charge is 2.38. The number of methoxy groups -OCH3 is 2. The number of aromatic nitrogens is 2. The number of anilines is 2. The maximum Gasteiger partial charge on any atom is 0.327 e. The zero-order valence-corrected chi connectivity index (χ0v) is 17.4. The largest absolute Gasteiger partial charge is 0.497 e. The number of amides is 2. The van der Waals surface area contributed by atoms with Gasteiger partial charge in [-0.15, -0.1) is 0 Å². The van der Waals surface area contributed by atoms with Crippen LogP contribution in [0.25, 0.3) is 0 Å². The van der Waals surface area contributed by atoms with Crippen molar-refractivity contribution in [1.82, 2.24) is 10.1 Å². The number of rotatable bonds is 5. The van der Waals surface area contributed by atoms with Gasteiger partial charge in [0.05, 0.1) is 19.9 Å². The molecule has 0 bridgehead atoms. The van der Waals surface area contributed by atoms with Crippen molar-refractivity contribution in [2.45, 2.75) is 32.2 Å². The van der Waals surface area contributed by atoms with Gasteiger partial charge in [-0.1, -0.05) is 37.2 Å². The molecule has 1 atom stereocenters.